The maximum Gasteiger partial charge on any atom is 0.534 e. The quantitative estimate of drug-likeness (QED) is 0.402. The van der Waals surface area contributed by atoms with Gasteiger partial charge in [0, 0.05) is 19.0 Å². The zero-order valence-corrected chi connectivity index (χ0v) is 21.4. The Morgan fingerprint density at radius 3 is 2.56 bits per heavy atom. The van der Waals surface area contributed by atoms with E-state index in [1.165, 1.54) is 19.2 Å². The number of nitrogens with zero attached hydrogens (tertiary/aromatic N) is 1. The fraction of sp³-hybridized carbons (Fsp3) is 0.609. The average molecular weight is 552 g/mol. The van der Waals surface area contributed by atoms with E-state index < -0.39 is 37.0 Å². The second-order valence-corrected chi connectivity index (χ2v) is 13.6. The molecule has 13 heteroatoms. The molecule has 1 aromatic carbocycles. The minimum absolute atomic E-state index is 0.0697. The fourth-order valence-corrected chi connectivity index (χ4v) is 7.91. The molecule has 0 aromatic heterocycles. The van der Waals surface area contributed by atoms with Crippen LogP contribution in [0.5, 0.6) is 0 Å². The van der Waals surface area contributed by atoms with Crippen molar-refractivity contribution in [2.45, 2.75) is 61.8 Å². The lowest BCUT2D eigenvalue weighted by molar-refractivity contribution is -0.137. The number of alkyl halides is 3. The highest BCUT2D eigenvalue weighted by molar-refractivity contribution is 7.89. The molecule has 8 nitrogen and oxygen atoms in total. The SMILES string of the molecule is CN(CCC(=O)O)S(=O)(=O)c1ccc2c(c1)CC[C@@H]1[C@@H]2CC[C@]2(C)C(OS(=O)(=O)C(F)(F)F)=CC[C@@H]12. The number of hydrogen-bond acceptors (Lipinski definition) is 6. The summed E-state index contributed by atoms with van der Waals surface area (Å²) < 4.78 is 93.4. The van der Waals surface area contributed by atoms with Gasteiger partial charge in [-0.3, -0.25) is 4.79 Å². The number of allylic oxidation sites excluding steroid dienone is 2. The Balaban J connectivity index is 1.55. The van der Waals surface area contributed by atoms with E-state index in [0.717, 1.165) is 15.4 Å². The predicted molar refractivity (Wildman–Crippen MR) is 123 cm³/mol. The van der Waals surface area contributed by atoms with Crippen LogP contribution in [0, 0.1) is 17.3 Å². The largest absolute Gasteiger partial charge is 0.534 e. The van der Waals surface area contributed by atoms with Gasteiger partial charge in [0.05, 0.1) is 11.3 Å². The van der Waals surface area contributed by atoms with Crippen LogP contribution in [-0.2, 0) is 35.5 Å². The molecule has 4 rings (SSSR count). The maximum absolute atomic E-state index is 12.9. The lowest BCUT2D eigenvalue weighted by Gasteiger charge is -2.49. The van der Waals surface area contributed by atoms with Gasteiger partial charge in [0.1, 0.15) is 5.76 Å². The van der Waals surface area contributed by atoms with E-state index in [0.29, 0.717) is 32.1 Å². The predicted octanol–water partition coefficient (Wildman–Crippen LogP) is 4.00. The molecule has 0 saturated heterocycles. The van der Waals surface area contributed by atoms with E-state index >= 15 is 0 Å². The van der Waals surface area contributed by atoms with Crippen molar-refractivity contribution in [3.05, 3.63) is 41.2 Å². The van der Waals surface area contributed by atoms with Crippen LogP contribution in [0.25, 0.3) is 0 Å². The number of sulfonamides is 1. The Hall–Kier alpha value is -2.12. The molecule has 3 aliphatic carbocycles. The molecule has 3 aliphatic rings. The molecule has 0 heterocycles. The standard InChI is InChI=1S/C23H28F3NO7S2/c1-22-11-9-17-16-6-4-15(35(30,31)27(2)12-10-21(28)29)13-14(16)3-5-18(17)19(22)7-8-20(22)34-36(32,33)23(24,25)26/h4,6,8,13,17-19H,3,5,7,9-12H2,1-2H3,(H,28,29)/t17-,18-,19+,22+/m1/s1. The van der Waals surface area contributed by atoms with Crippen LogP contribution in [0.4, 0.5) is 13.2 Å². The van der Waals surface area contributed by atoms with Gasteiger partial charge in [-0.1, -0.05) is 13.0 Å². The summed E-state index contributed by atoms with van der Waals surface area (Å²) in [5.74, 6) is -1.17. The van der Waals surface area contributed by atoms with Crippen molar-refractivity contribution in [1.29, 1.82) is 0 Å². The number of benzene rings is 1. The smallest absolute Gasteiger partial charge is 0.481 e. The number of halogens is 3. The van der Waals surface area contributed by atoms with Crippen LogP contribution in [0.3, 0.4) is 0 Å². The average Bonchev–Trinajstić information content (AvgIpc) is 3.11. The third kappa shape index (κ3) is 4.53. The van der Waals surface area contributed by atoms with Crippen molar-refractivity contribution in [2.75, 3.05) is 13.6 Å². The second kappa shape index (κ2) is 9.02. The zero-order valence-electron chi connectivity index (χ0n) is 19.8. The van der Waals surface area contributed by atoms with E-state index in [9.17, 15) is 34.8 Å². The third-order valence-corrected chi connectivity index (χ3v) is 10.9. The summed E-state index contributed by atoms with van der Waals surface area (Å²) in [6, 6.07) is 4.92. The molecule has 36 heavy (non-hydrogen) atoms. The number of carboxylic acid groups (broad SMARTS) is 1. The Bertz CT molecular complexity index is 1310. The summed E-state index contributed by atoms with van der Waals surface area (Å²) in [4.78, 5) is 10.9. The molecule has 1 N–H and O–H groups in total. The van der Waals surface area contributed by atoms with E-state index in [1.807, 2.05) is 0 Å². The van der Waals surface area contributed by atoms with Crippen LogP contribution in [0.1, 0.15) is 56.1 Å². The highest BCUT2D eigenvalue weighted by Crippen LogP contribution is 2.61. The van der Waals surface area contributed by atoms with Gasteiger partial charge in [-0.05, 0) is 79.2 Å². The van der Waals surface area contributed by atoms with Crippen LogP contribution in [-0.4, -0.2) is 51.3 Å². The van der Waals surface area contributed by atoms with Gasteiger partial charge in [0.25, 0.3) is 0 Å². The third-order valence-electron chi connectivity index (χ3n) is 8.04. The highest BCUT2D eigenvalue weighted by atomic mass is 32.2. The number of fused-ring (bicyclic) bond motifs is 5. The summed E-state index contributed by atoms with van der Waals surface area (Å²) in [6.45, 7) is 1.61. The molecular weight excluding hydrogens is 523 g/mol. The lowest BCUT2D eigenvalue weighted by Crippen LogP contribution is -2.42. The van der Waals surface area contributed by atoms with Gasteiger partial charge in [0.2, 0.25) is 10.0 Å². The van der Waals surface area contributed by atoms with E-state index in [1.54, 1.807) is 19.1 Å². The Morgan fingerprint density at radius 1 is 1.22 bits per heavy atom. The fourth-order valence-electron chi connectivity index (χ4n) is 6.10. The van der Waals surface area contributed by atoms with Crippen molar-refractivity contribution >= 4 is 26.1 Å². The normalized spacial score (nSPS) is 28.2. The van der Waals surface area contributed by atoms with Crippen molar-refractivity contribution < 1.29 is 44.1 Å². The van der Waals surface area contributed by atoms with Gasteiger partial charge >= 0.3 is 21.6 Å². The first-order chi connectivity index (χ1) is 16.6. The van der Waals surface area contributed by atoms with Gasteiger partial charge in [0.15, 0.2) is 0 Å². The van der Waals surface area contributed by atoms with Gasteiger partial charge in [-0.25, -0.2) is 12.7 Å². The van der Waals surface area contributed by atoms with E-state index in [4.69, 9.17) is 5.11 Å². The summed E-state index contributed by atoms with van der Waals surface area (Å²) >= 11 is 0. The molecule has 1 fully saturated rings. The summed E-state index contributed by atoms with van der Waals surface area (Å²) in [5.41, 5.74) is -4.44. The Labute approximate surface area is 208 Å². The number of carboxylic acids is 1. The first-order valence-corrected chi connectivity index (χ1v) is 14.4. The summed E-state index contributed by atoms with van der Waals surface area (Å²) in [5, 5.41) is 8.84. The minimum Gasteiger partial charge on any atom is -0.481 e. The molecule has 4 atom stereocenters. The van der Waals surface area contributed by atoms with Crippen LogP contribution >= 0.6 is 0 Å². The number of aliphatic carboxylic acids is 1. The molecule has 0 spiro atoms. The van der Waals surface area contributed by atoms with Crippen molar-refractivity contribution in [3.63, 3.8) is 0 Å². The lowest BCUT2D eigenvalue weighted by atomic mass is 9.55. The molecular formula is C23H28F3NO7S2. The topological polar surface area (TPSA) is 118 Å². The van der Waals surface area contributed by atoms with Crippen LogP contribution in [0.15, 0.2) is 34.9 Å². The molecule has 0 amide bonds. The number of hydrogen-bond donors (Lipinski definition) is 1. The molecule has 0 radical (unpaired) electrons. The maximum atomic E-state index is 12.9. The number of rotatable bonds is 7. The first-order valence-electron chi connectivity index (χ1n) is 11.6. The van der Waals surface area contributed by atoms with Crippen molar-refractivity contribution in [2.24, 2.45) is 17.3 Å². The van der Waals surface area contributed by atoms with Gasteiger partial charge in [-0.2, -0.15) is 21.6 Å². The minimum atomic E-state index is -5.74. The molecule has 0 unspecified atom stereocenters. The highest BCUT2D eigenvalue weighted by Gasteiger charge is 2.56. The monoisotopic (exact) mass is 551 g/mol. The van der Waals surface area contributed by atoms with E-state index in [-0.39, 0.29) is 41.4 Å². The summed E-state index contributed by atoms with van der Waals surface area (Å²) in [7, 11) is -8.27. The van der Waals surface area contributed by atoms with Crippen LogP contribution in [0.2, 0.25) is 0 Å². The molecule has 200 valence electrons. The number of aryl methyl sites for hydroxylation is 1. The summed E-state index contributed by atoms with van der Waals surface area (Å²) in [6.07, 6.45) is 3.86. The second-order valence-electron chi connectivity index (χ2n) is 9.99. The van der Waals surface area contributed by atoms with Crippen LogP contribution < -0.4 is 0 Å². The first kappa shape index (κ1) is 26.9. The van der Waals surface area contributed by atoms with E-state index in [2.05, 4.69) is 4.18 Å². The van der Waals surface area contributed by atoms with Gasteiger partial charge < -0.3 is 9.29 Å². The van der Waals surface area contributed by atoms with Gasteiger partial charge in [-0.15, -0.1) is 0 Å². The Morgan fingerprint density at radius 2 is 1.92 bits per heavy atom. The molecule has 0 bridgehead atoms. The van der Waals surface area contributed by atoms with Crippen molar-refractivity contribution in [3.8, 4) is 0 Å². The Kier molecular flexibility index (Phi) is 6.74. The number of carbonyl (C=O) groups is 1. The molecule has 1 aromatic rings. The zero-order chi connectivity index (χ0) is 26.7. The molecule has 0 aliphatic heterocycles. The van der Waals surface area contributed by atoms with Crippen molar-refractivity contribution in [1.82, 2.24) is 4.31 Å². The molecule has 1 saturated carbocycles.